The van der Waals surface area contributed by atoms with Crippen LogP contribution in [0.3, 0.4) is 0 Å². The fraction of sp³-hybridized carbons (Fsp3) is 0.424. The lowest BCUT2D eigenvalue weighted by molar-refractivity contribution is -0.144. The van der Waals surface area contributed by atoms with Gasteiger partial charge in [-0.15, -0.1) is 17.8 Å². The third kappa shape index (κ3) is 6.88. The van der Waals surface area contributed by atoms with Crippen LogP contribution in [0.1, 0.15) is 29.7 Å². The van der Waals surface area contributed by atoms with E-state index in [0.29, 0.717) is 63.2 Å². The predicted molar refractivity (Wildman–Crippen MR) is 171 cm³/mol. The highest BCUT2D eigenvalue weighted by molar-refractivity contribution is 7.19. The number of rotatable bonds is 11. The number of fused-ring (bicyclic) bond motifs is 2. The summed E-state index contributed by atoms with van der Waals surface area (Å²) in [6.07, 6.45) is 7.26. The average Bonchev–Trinajstić information content (AvgIpc) is 3.77. The second-order valence-electron chi connectivity index (χ2n) is 11.2. The highest BCUT2D eigenvalue weighted by Gasteiger charge is 2.36. The van der Waals surface area contributed by atoms with E-state index in [9.17, 15) is 19.2 Å². The molecule has 3 aromatic rings. The fourth-order valence-corrected chi connectivity index (χ4v) is 7.31. The monoisotopic (exact) mass is 664 g/mol. The van der Waals surface area contributed by atoms with Crippen LogP contribution in [0.2, 0.25) is 5.02 Å². The summed E-state index contributed by atoms with van der Waals surface area (Å²) in [5.41, 5.74) is 3.19. The van der Waals surface area contributed by atoms with E-state index in [4.69, 9.17) is 32.2 Å². The van der Waals surface area contributed by atoms with Crippen LogP contribution in [0, 0.1) is 12.3 Å². The van der Waals surface area contributed by atoms with E-state index in [1.807, 2.05) is 24.3 Å². The fourth-order valence-electron chi connectivity index (χ4n) is 5.94. The number of hydrogen-bond acceptors (Lipinski definition) is 9. The number of piperazine rings is 1. The van der Waals surface area contributed by atoms with Gasteiger partial charge in [0.05, 0.1) is 43.0 Å². The Morgan fingerprint density at radius 3 is 2.52 bits per heavy atom. The Morgan fingerprint density at radius 1 is 1.02 bits per heavy atom. The maximum Gasteiger partial charge on any atom is 0.264 e. The molecule has 0 bridgehead atoms. The number of carbonyl (C=O) groups excluding carboxylic acids is 4. The molecule has 5 heterocycles. The number of imide groups is 1. The van der Waals surface area contributed by atoms with Gasteiger partial charge >= 0.3 is 0 Å². The molecule has 2 saturated heterocycles. The van der Waals surface area contributed by atoms with Gasteiger partial charge in [-0.2, -0.15) is 0 Å². The van der Waals surface area contributed by atoms with Gasteiger partial charge in [-0.3, -0.25) is 29.1 Å². The van der Waals surface area contributed by atoms with Crippen LogP contribution < -0.4 is 4.74 Å². The van der Waals surface area contributed by atoms with Crippen molar-refractivity contribution in [2.24, 2.45) is 0 Å². The molecule has 1 atom stereocenters. The smallest absolute Gasteiger partial charge is 0.264 e. The molecule has 0 spiro atoms. The van der Waals surface area contributed by atoms with Crippen molar-refractivity contribution in [1.82, 2.24) is 19.7 Å². The summed E-state index contributed by atoms with van der Waals surface area (Å²) in [4.78, 5) is 60.8. The van der Waals surface area contributed by atoms with Gasteiger partial charge in [-0.25, -0.2) is 0 Å². The number of thiophene rings is 1. The van der Waals surface area contributed by atoms with Crippen LogP contribution in [0.5, 0.6) is 5.75 Å². The molecule has 3 aliphatic rings. The summed E-state index contributed by atoms with van der Waals surface area (Å²) in [7, 11) is 0. The molecule has 0 aliphatic carbocycles. The number of hydrogen-bond donors (Lipinski definition) is 0. The summed E-state index contributed by atoms with van der Waals surface area (Å²) in [6.45, 7) is 3.22. The van der Waals surface area contributed by atoms with E-state index in [2.05, 4.69) is 10.9 Å². The molecule has 2 fully saturated rings. The first kappa shape index (κ1) is 31.9. The number of benzene rings is 1. The van der Waals surface area contributed by atoms with Gasteiger partial charge in [0.2, 0.25) is 17.7 Å². The van der Waals surface area contributed by atoms with Crippen molar-refractivity contribution in [3.63, 3.8) is 0 Å². The number of likely N-dealkylation sites (tertiary alicyclic amines) is 1. The summed E-state index contributed by atoms with van der Waals surface area (Å²) in [5, 5.41) is 0.525. The minimum atomic E-state index is -0.706. The standard InChI is InChI=1S/C33H33ClN4O7S/c1-2-12-43-14-15-44-13-6-28(39)36-8-10-37(11-9-36)33(42)27-17-21-16-22(34)18-25(31(21)45-27)24-5-7-35-26-19-23(46-32(24)26)20-38-29(40)3-4-30(38)41/h1,5,7,16,18-19,27H,3-4,6,8-15,17,20H2/t27-/m1/s1. The summed E-state index contributed by atoms with van der Waals surface area (Å²) < 4.78 is 17.8. The van der Waals surface area contributed by atoms with Crippen molar-refractivity contribution in [3.05, 3.63) is 45.9 Å². The third-order valence-electron chi connectivity index (χ3n) is 8.26. The highest BCUT2D eigenvalue weighted by atomic mass is 35.5. The zero-order chi connectivity index (χ0) is 32.2. The van der Waals surface area contributed by atoms with Crippen LogP contribution in [0.15, 0.2) is 30.5 Å². The number of terminal acetylenes is 1. The van der Waals surface area contributed by atoms with Crippen molar-refractivity contribution in [1.29, 1.82) is 0 Å². The number of nitrogens with zero attached hydrogens (tertiary/aromatic N) is 4. The Balaban J connectivity index is 1.09. The van der Waals surface area contributed by atoms with E-state index in [-0.39, 0.29) is 56.0 Å². The molecule has 3 aliphatic heterocycles. The molecule has 0 N–H and O–H groups in total. The van der Waals surface area contributed by atoms with Gasteiger partial charge < -0.3 is 24.0 Å². The van der Waals surface area contributed by atoms with E-state index < -0.39 is 6.10 Å². The maximum atomic E-state index is 13.6. The van der Waals surface area contributed by atoms with Crippen molar-refractivity contribution in [3.8, 4) is 29.2 Å². The first-order valence-electron chi connectivity index (χ1n) is 15.2. The zero-order valence-electron chi connectivity index (χ0n) is 25.2. The molecule has 1 aromatic carbocycles. The summed E-state index contributed by atoms with van der Waals surface area (Å²) in [6, 6.07) is 7.44. The lowest BCUT2D eigenvalue weighted by atomic mass is 10.0. The Kier molecular flexibility index (Phi) is 9.84. The maximum absolute atomic E-state index is 13.6. The number of halogens is 1. The molecular weight excluding hydrogens is 632 g/mol. The SMILES string of the molecule is C#CCOCCOCCC(=O)N1CCN(C(=O)[C@H]2Cc3cc(Cl)cc(-c4ccnc5cc(CN6C(=O)CCC6=O)sc45)c3O2)CC1. The van der Waals surface area contributed by atoms with Crippen molar-refractivity contribution < 1.29 is 33.4 Å². The van der Waals surface area contributed by atoms with Crippen LogP contribution in [-0.2, 0) is 41.6 Å². The van der Waals surface area contributed by atoms with E-state index in [1.165, 1.54) is 16.2 Å². The van der Waals surface area contributed by atoms with E-state index in [1.54, 1.807) is 16.0 Å². The number of pyridine rings is 1. The molecule has 11 nitrogen and oxygen atoms in total. The Hall–Kier alpha value is -4.02. The quantitative estimate of drug-likeness (QED) is 0.174. The lowest BCUT2D eigenvalue weighted by Gasteiger charge is -2.35. The molecule has 0 unspecified atom stereocenters. The van der Waals surface area contributed by atoms with E-state index >= 15 is 0 Å². The number of aromatic nitrogens is 1. The molecule has 6 rings (SSSR count). The average molecular weight is 665 g/mol. The normalized spacial score (nSPS) is 17.8. The van der Waals surface area contributed by atoms with Gasteiger partial charge in [-0.1, -0.05) is 17.5 Å². The predicted octanol–water partition coefficient (Wildman–Crippen LogP) is 3.30. The first-order valence-corrected chi connectivity index (χ1v) is 16.4. The number of amides is 4. The summed E-state index contributed by atoms with van der Waals surface area (Å²) in [5.74, 6) is 2.52. The van der Waals surface area contributed by atoms with Gasteiger partial charge in [0.15, 0.2) is 6.10 Å². The number of ether oxygens (including phenoxy) is 3. The van der Waals surface area contributed by atoms with Crippen LogP contribution in [-0.4, -0.2) is 102 Å². The zero-order valence-corrected chi connectivity index (χ0v) is 26.7. The van der Waals surface area contributed by atoms with Gasteiger partial charge in [0, 0.05) is 78.2 Å². The second kappa shape index (κ2) is 14.2. The van der Waals surface area contributed by atoms with Crippen molar-refractivity contribution >= 4 is 56.8 Å². The van der Waals surface area contributed by atoms with Crippen molar-refractivity contribution in [2.45, 2.75) is 38.3 Å². The molecule has 0 saturated carbocycles. The second-order valence-corrected chi connectivity index (χ2v) is 12.8. The highest BCUT2D eigenvalue weighted by Crippen LogP contribution is 2.45. The van der Waals surface area contributed by atoms with Crippen LogP contribution in [0.4, 0.5) is 0 Å². The largest absolute Gasteiger partial charge is 0.479 e. The van der Waals surface area contributed by atoms with E-state index in [0.717, 1.165) is 31.8 Å². The molecule has 2 aromatic heterocycles. The Bertz CT molecular complexity index is 1700. The lowest BCUT2D eigenvalue weighted by Crippen LogP contribution is -2.53. The minimum absolute atomic E-state index is 0.0144. The topological polar surface area (TPSA) is 119 Å². The number of carbonyl (C=O) groups is 4. The minimum Gasteiger partial charge on any atom is -0.479 e. The van der Waals surface area contributed by atoms with Crippen molar-refractivity contribution in [2.75, 3.05) is 52.6 Å². The van der Waals surface area contributed by atoms with Gasteiger partial charge in [-0.05, 0) is 24.3 Å². The molecule has 0 radical (unpaired) electrons. The van der Waals surface area contributed by atoms with Gasteiger partial charge in [0.25, 0.3) is 5.91 Å². The molecule has 240 valence electrons. The summed E-state index contributed by atoms with van der Waals surface area (Å²) >= 11 is 8.04. The third-order valence-corrected chi connectivity index (χ3v) is 9.62. The molecule has 4 amide bonds. The Labute approximate surface area is 275 Å². The molecular formula is C33H33ClN4O7S. The van der Waals surface area contributed by atoms with Crippen LogP contribution in [0.25, 0.3) is 21.3 Å². The molecule has 13 heteroatoms. The van der Waals surface area contributed by atoms with Gasteiger partial charge in [0.1, 0.15) is 12.4 Å². The Morgan fingerprint density at radius 2 is 1.76 bits per heavy atom. The molecule has 46 heavy (non-hydrogen) atoms. The van der Waals surface area contributed by atoms with Crippen LogP contribution >= 0.6 is 22.9 Å². The first-order chi connectivity index (χ1) is 22.3.